The van der Waals surface area contributed by atoms with E-state index < -0.39 is 0 Å². The van der Waals surface area contributed by atoms with Crippen molar-refractivity contribution in [3.8, 4) is 0 Å². The Morgan fingerprint density at radius 2 is 1.87 bits per heavy atom. The van der Waals surface area contributed by atoms with Gasteiger partial charge in [0.05, 0.1) is 6.61 Å². The molecule has 0 spiro atoms. The summed E-state index contributed by atoms with van der Waals surface area (Å²) in [5.74, 6) is 0.0750. The molecule has 0 aliphatic rings. The highest BCUT2D eigenvalue weighted by atomic mass is 32.1. The molecular formula is C11H21NO2S. The van der Waals surface area contributed by atoms with Crippen molar-refractivity contribution in [2.45, 2.75) is 34.1 Å². The maximum atomic E-state index is 11.9. The minimum atomic E-state index is -0.0797. The molecule has 0 aromatic rings. The monoisotopic (exact) mass is 231 g/mol. The van der Waals surface area contributed by atoms with Gasteiger partial charge in [0.2, 0.25) is 5.91 Å². The first-order chi connectivity index (χ1) is 7.06. The molecule has 0 radical (unpaired) electrons. The number of amides is 1. The maximum Gasteiger partial charge on any atom is 0.225 e. The summed E-state index contributed by atoms with van der Waals surface area (Å²) in [5.41, 5.74) is 0. The molecule has 4 heteroatoms. The molecule has 0 saturated heterocycles. The Hall–Kier alpha value is -0.640. The van der Waals surface area contributed by atoms with Crippen LogP contribution >= 0.6 is 12.2 Å². The van der Waals surface area contributed by atoms with Crippen LogP contribution in [0, 0.1) is 5.92 Å². The van der Waals surface area contributed by atoms with E-state index in [9.17, 15) is 4.79 Å². The van der Waals surface area contributed by atoms with Gasteiger partial charge in [-0.05, 0) is 33.0 Å². The lowest BCUT2D eigenvalue weighted by Crippen LogP contribution is -2.35. The summed E-state index contributed by atoms with van der Waals surface area (Å²) in [6.07, 6.45) is 0.540. The highest BCUT2D eigenvalue weighted by molar-refractivity contribution is 7.80. The molecule has 1 atom stereocenters. The van der Waals surface area contributed by atoms with E-state index in [1.165, 1.54) is 0 Å². The predicted octanol–water partition coefficient (Wildman–Crippen LogP) is 2.24. The predicted molar refractivity (Wildman–Crippen MR) is 65.9 cm³/mol. The molecule has 0 saturated carbocycles. The standard InChI is InChI=1S/C11H21NO2S/c1-5-12(6-2)11(13)9(4)8-10(15)14-7-3/h9H,5-8H2,1-4H3. The van der Waals surface area contributed by atoms with Crippen LogP contribution in [-0.2, 0) is 9.53 Å². The molecule has 0 rings (SSSR count). The second-order valence-electron chi connectivity index (χ2n) is 3.42. The van der Waals surface area contributed by atoms with Crippen LogP contribution < -0.4 is 0 Å². The van der Waals surface area contributed by atoms with Gasteiger partial charge in [-0.2, -0.15) is 0 Å². The van der Waals surface area contributed by atoms with E-state index in [1.807, 2.05) is 32.6 Å². The molecule has 0 fully saturated rings. The first-order valence-corrected chi connectivity index (χ1v) is 5.91. The Labute approximate surface area is 97.8 Å². The summed E-state index contributed by atoms with van der Waals surface area (Å²) in [6, 6.07) is 0. The number of thiocarbonyl (C=S) groups is 1. The lowest BCUT2D eigenvalue weighted by atomic mass is 10.1. The van der Waals surface area contributed by atoms with Crippen LogP contribution in [0.1, 0.15) is 34.1 Å². The van der Waals surface area contributed by atoms with Gasteiger partial charge in [0.1, 0.15) is 0 Å². The van der Waals surface area contributed by atoms with E-state index in [4.69, 9.17) is 17.0 Å². The Balaban J connectivity index is 4.13. The van der Waals surface area contributed by atoms with Crippen molar-refractivity contribution in [3.05, 3.63) is 0 Å². The number of nitrogens with zero attached hydrogens (tertiary/aromatic N) is 1. The molecule has 1 unspecified atom stereocenters. The van der Waals surface area contributed by atoms with Crippen LogP contribution in [0.15, 0.2) is 0 Å². The van der Waals surface area contributed by atoms with Crippen molar-refractivity contribution in [2.24, 2.45) is 5.92 Å². The number of hydrogen-bond acceptors (Lipinski definition) is 3. The second kappa shape index (κ2) is 7.63. The van der Waals surface area contributed by atoms with Gasteiger partial charge < -0.3 is 9.64 Å². The summed E-state index contributed by atoms with van der Waals surface area (Å²) < 4.78 is 5.17. The summed E-state index contributed by atoms with van der Waals surface area (Å²) in [5, 5.41) is 0.533. The quantitative estimate of drug-likeness (QED) is 0.657. The van der Waals surface area contributed by atoms with Crippen LogP contribution in [-0.4, -0.2) is 35.6 Å². The Kier molecular flexibility index (Phi) is 7.30. The summed E-state index contributed by atoms with van der Waals surface area (Å²) in [6.45, 7) is 9.83. The minimum Gasteiger partial charge on any atom is -0.487 e. The maximum absolute atomic E-state index is 11.9. The zero-order valence-electron chi connectivity index (χ0n) is 10.1. The van der Waals surface area contributed by atoms with Gasteiger partial charge in [-0.3, -0.25) is 4.79 Å². The van der Waals surface area contributed by atoms with Crippen LogP contribution in [0.3, 0.4) is 0 Å². The van der Waals surface area contributed by atoms with Crippen molar-refractivity contribution in [3.63, 3.8) is 0 Å². The Morgan fingerprint density at radius 3 is 2.27 bits per heavy atom. The van der Waals surface area contributed by atoms with Gasteiger partial charge in [0, 0.05) is 25.4 Å². The molecule has 88 valence electrons. The highest BCUT2D eigenvalue weighted by Crippen LogP contribution is 2.09. The molecule has 0 heterocycles. The van der Waals surface area contributed by atoms with Gasteiger partial charge in [-0.25, -0.2) is 0 Å². The van der Waals surface area contributed by atoms with E-state index >= 15 is 0 Å². The fourth-order valence-electron chi connectivity index (χ4n) is 1.40. The van der Waals surface area contributed by atoms with Gasteiger partial charge in [0.15, 0.2) is 5.05 Å². The Morgan fingerprint density at radius 1 is 1.33 bits per heavy atom. The van der Waals surface area contributed by atoms with Gasteiger partial charge in [-0.1, -0.05) is 6.92 Å². The van der Waals surface area contributed by atoms with Gasteiger partial charge >= 0.3 is 0 Å². The normalized spacial score (nSPS) is 12.0. The lowest BCUT2D eigenvalue weighted by molar-refractivity contribution is -0.134. The van der Waals surface area contributed by atoms with Crippen LogP contribution in [0.25, 0.3) is 0 Å². The molecule has 0 aliphatic carbocycles. The summed E-state index contributed by atoms with van der Waals surface area (Å²) >= 11 is 5.01. The van der Waals surface area contributed by atoms with Crippen molar-refractivity contribution < 1.29 is 9.53 Å². The topological polar surface area (TPSA) is 29.5 Å². The lowest BCUT2D eigenvalue weighted by Gasteiger charge is -2.22. The van der Waals surface area contributed by atoms with Crippen molar-refractivity contribution in [1.82, 2.24) is 4.90 Å². The fraction of sp³-hybridized carbons (Fsp3) is 0.818. The Bertz CT molecular complexity index is 215. The zero-order valence-corrected chi connectivity index (χ0v) is 10.9. The minimum absolute atomic E-state index is 0.0797. The molecule has 1 amide bonds. The van der Waals surface area contributed by atoms with Crippen LogP contribution in [0.2, 0.25) is 0 Å². The molecule has 0 aliphatic heterocycles. The second-order valence-corrected chi connectivity index (χ2v) is 3.88. The average molecular weight is 231 g/mol. The molecule has 3 nitrogen and oxygen atoms in total. The average Bonchev–Trinajstić information content (AvgIpc) is 2.19. The highest BCUT2D eigenvalue weighted by Gasteiger charge is 2.19. The molecule has 0 aromatic heterocycles. The van der Waals surface area contributed by atoms with Gasteiger partial charge in [0.25, 0.3) is 0 Å². The van der Waals surface area contributed by atoms with Gasteiger partial charge in [-0.15, -0.1) is 0 Å². The summed E-state index contributed by atoms with van der Waals surface area (Å²) in [4.78, 5) is 13.7. The largest absolute Gasteiger partial charge is 0.487 e. The first-order valence-electron chi connectivity index (χ1n) is 5.51. The van der Waals surface area contributed by atoms with Crippen LogP contribution in [0.5, 0.6) is 0 Å². The molecule has 0 N–H and O–H groups in total. The van der Waals surface area contributed by atoms with E-state index in [2.05, 4.69) is 0 Å². The fourth-order valence-corrected chi connectivity index (χ4v) is 1.77. The first kappa shape index (κ1) is 14.4. The van der Waals surface area contributed by atoms with Crippen molar-refractivity contribution in [2.75, 3.05) is 19.7 Å². The number of carbonyl (C=O) groups is 1. The third-order valence-electron chi connectivity index (χ3n) is 2.27. The van der Waals surface area contributed by atoms with Crippen molar-refractivity contribution in [1.29, 1.82) is 0 Å². The molecule has 15 heavy (non-hydrogen) atoms. The smallest absolute Gasteiger partial charge is 0.225 e. The van der Waals surface area contributed by atoms with E-state index in [-0.39, 0.29) is 11.8 Å². The molecular weight excluding hydrogens is 210 g/mol. The van der Waals surface area contributed by atoms with Crippen molar-refractivity contribution >= 4 is 23.2 Å². The molecule has 0 aromatic carbocycles. The third-order valence-corrected chi connectivity index (χ3v) is 2.56. The van der Waals surface area contributed by atoms with Crippen LogP contribution in [0.4, 0.5) is 0 Å². The zero-order chi connectivity index (χ0) is 11.8. The third kappa shape index (κ3) is 5.11. The number of rotatable bonds is 6. The SMILES string of the molecule is CCOC(=S)CC(C)C(=O)N(CC)CC. The number of ether oxygens (including phenoxy) is 1. The summed E-state index contributed by atoms with van der Waals surface area (Å²) in [7, 11) is 0. The van der Waals surface area contributed by atoms with E-state index in [0.29, 0.717) is 18.1 Å². The number of carbonyl (C=O) groups excluding carboxylic acids is 1. The number of hydrogen-bond donors (Lipinski definition) is 0. The van der Waals surface area contributed by atoms with E-state index in [1.54, 1.807) is 0 Å². The molecule has 0 bridgehead atoms. The van der Waals surface area contributed by atoms with E-state index in [0.717, 1.165) is 13.1 Å².